The van der Waals surface area contributed by atoms with E-state index in [2.05, 4.69) is 6.92 Å². The molecule has 0 aromatic carbocycles. The second kappa shape index (κ2) is 6.41. The zero-order valence-electron chi connectivity index (χ0n) is 9.28. The minimum absolute atomic E-state index is 0.137. The van der Waals surface area contributed by atoms with Gasteiger partial charge in [-0.05, 0) is 24.7 Å². The standard InChI is InChI=1S/C12H24O2/c1-2-3-10-4-6-11(7-5-10)12(8-13)9-14/h10-14H,2-9H2,1H3. The van der Waals surface area contributed by atoms with Crippen LogP contribution in [0.1, 0.15) is 45.4 Å². The molecule has 1 aliphatic rings. The first kappa shape index (κ1) is 12.0. The maximum Gasteiger partial charge on any atom is 0.0483 e. The van der Waals surface area contributed by atoms with Gasteiger partial charge < -0.3 is 10.2 Å². The largest absolute Gasteiger partial charge is 0.396 e. The summed E-state index contributed by atoms with van der Waals surface area (Å²) in [4.78, 5) is 0. The number of aliphatic hydroxyl groups is 2. The number of rotatable bonds is 5. The highest BCUT2D eigenvalue weighted by Crippen LogP contribution is 2.35. The number of aliphatic hydroxyl groups excluding tert-OH is 2. The van der Waals surface area contributed by atoms with Crippen LogP contribution < -0.4 is 0 Å². The van der Waals surface area contributed by atoms with Gasteiger partial charge in [0, 0.05) is 19.1 Å². The average Bonchev–Trinajstić information content (AvgIpc) is 2.23. The van der Waals surface area contributed by atoms with Crippen LogP contribution in [0.4, 0.5) is 0 Å². The Morgan fingerprint density at radius 2 is 1.64 bits per heavy atom. The van der Waals surface area contributed by atoms with E-state index >= 15 is 0 Å². The van der Waals surface area contributed by atoms with Crippen molar-refractivity contribution >= 4 is 0 Å². The van der Waals surface area contributed by atoms with Gasteiger partial charge in [-0.1, -0.05) is 32.6 Å². The van der Waals surface area contributed by atoms with Crippen molar-refractivity contribution in [3.63, 3.8) is 0 Å². The second-order valence-electron chi connectivity index (χ2n) is 4.69. The molecule has 2 N–H and O–H groups in total. The normalized spacial score (nSPS) is 28.3. The fourth-order valence-electron chi connectivity index (χ4n) is 2.71. The zero-order valence-corrected chi connectivity index (χ0v) is 9.28. The van der Waals surface area contributed by atoms with Crippen molar-refractivity contribution in [1.82, 2.24) is 0 Å². The fourth-order valence-corrected chi connectivity index (χ4v) is 2.71. The molecule has 0 aliphatic heterocycles. The molecule has 0 amide bonds. The van der Waals surface area contributed by atoms with Crippen molar-refractivity contribution in [3.05, 3.63) is 0 Å². The quantitative estimate of drug-likeness (QED) is 0.714. The molecule has 84 valence electrons. The Bertz CT molecular complexity index is 135. The summed E-state index contributed by atoms with van der Waals surface area (Å²) in [6.45, 7) is 2.55. The number of hydrogen-bond donors (Lipinski definition) is 2. The minimum atomic E-state index is 0.137. The lowest BCUT2D eigenvalue weighted by Crippen LogP contribution is -2.26. The van der Waals surface area contributed by atoms with Gasteiger partial charge in [-0.25, -0.2) is 0 Å². The van der Waals surface area contributed by atoms with Crippen molar-refractivity contribution in [2.24, 2.45) is 17.8 Å². The predicted molar refractivity (Wildman–Crippen MR) is 58.0 cm³/mol. The first-order valence-electron chi connectivity index (χ1n) is 6.03. The molecule has 0 heterocycles. The summed E-state index contributed by atoms with van der Waals surface area (Å²) in [6, 6.07) is 0. The summed E-state index contributed by atoms with van der Waals surface area (Å²) >= 11 is 0. The monoisotopic (exact) mass is 200 g/mol. The minimum Gasteiger partial charge on any atom is -0.396 e. The molecule has 14 heavy (non-hydrogen) atoms. The lowest BCUT2D eigenvalue weighted by atomic mass is 9.75. The van der Waals surface area contributed by atoms with E-state index in [1.807, 2.05) is 0 Å². The summed E-state index contributed by atoms with van der Waals surface area (Å²) in [5.74, 6) is 1.62. The summed E-state index contributed by atoms with van der Waals surface area (Å²) in [5.41, 5.74) is 0. The van der Waals surface area contributed by atoms with Crippen LogP contribution in [0.15, 0.2) is 0 Å². The molecule has 0 aromatic rings. The van der Waals surface area contributed by atoms with Crippen molar-refractivity contribution < 1.29 is 10.2 Å². The van der Waals surface area contributed by atoms with E-state index in [1.165, 1.54) is 38.5 Å². The maximum atomic E-state index is 9.09. The van der Waals surface area contributed by atoms with Gasteiger partial charge in [-0.3, -0.25) is 0 Å². The SMILES string of the molecule is CCCC1CCC(C(CO)CO)CC1. The van der Waals surface area contributed by atoms with Gasteiger partial charge in [0.25, 0.3) is 0 Å². The van der Waals surface area contributed by atoms with Crippen molar-refractivity contribution in [1.29, 1.82) is 0 Å². The van der Waals surface area contributed by atoms with Crippen molar-refractivity contribution in [3.8, 4) is 0 Å². The van der Waals surface area contributed by atoms with Crippen LogP contribution in [-0.2, 0) is 0 Å². The third kappa shape index (κ3) is 3.25. The van der Waals surface area contributed by atoms with E-state index in [0.29, 0.717) is 5.92 Å². The molecule has 0 atom stereocenters. The summed E-state index contributed by atoms with van der Waals surface area (Å²) < 4.78 is 0. The Morgan fingerprint density at radius 3 is 2.07 bits per heavy atom. The van der Waals surface area contributed by atoms with E-state index in [4.69, 9.17) is 10.2 Å². The van der Waals surface area contributed by atoms with Gasteiger partial charge in [0.05, 0.1) is 0 Å². The predicted octanol–water partition coefficient (Wildman–Crippen LogP) is 2.19. The third-order valence-electron chi connectivity index (χ3n) is 3.72. The molecule has 1 fully saturated rings. The van der Waals surface area contributed by atoms with E-state index in [1.54, 1.807) is 0 Å². The first-order chi connectivity index (χ1) is 6.81. The van der Waals surface area contributed by atoms with Crippen LogP contribution in [0.5, 0.6) is 0 Å². The molecule has 0 aromatic heterocycles. The van der Waals surface area contributed by atoms with E-state index in [-0.39, 0.29) is 19.1 Å². The second-order valence-corrected chi connectivity index (χ2v) is 4.69. The Balaban J connectivity index is 2.27. The lowest BCUT2D eigenvalue weighted by Gasteiger charge is -2.32. The third-order valence-corrected chi connectivity index (χ3v) is 3.72. The molecule has 2 heteroatoms. The molecule has 1 aliphatic carbocycles. The van der Waals surface area contributed by atoms with Crippen LogP contribution in [0, 0.1) is 17.8 Å². The summed E-state index contributed by atoms with van der Waals surface area (Å²) in [7, 11) is 0. The molecule has 1 rings (SSSR count). The molecule has 0 spiro atoms. The van der Waals surface area contributed by atoms with Crippen molar-refractivity contribution in [2.45, 2.75) is 45.4 Å². The fraction of sp³-hybridized carbons (Fsp3) is 1.00. The van der Waals surface area contributed by atoms with Gasteiger partial charge in [0.1, 0.15) is 0 Å². The van der Waals surface area contributed by atoms with Gasteiger partial charge in [0.15, 0.2) is 0 Å². The zero-order chi connectivity index (χ0) is 10.4. The van der Waals surface area contributed by atoms with Crippen molar-refractivity contribution in [2.75, 3.05) is 13.2 Å². The molecular weight excluding hydrogens is 176 g/mol. The van der Waals surface area contributed by atoms with Gasteiger partial charge >= 0.3 is 0 Å². The smallest absolute Gasteiger partial charge is 0.0483 e. The maximum absolute atomic E-state index is 9.09. The van der Waals surface area contributed by atoms with Gasteiger partial charge in [-0.15, -0.1) is 0 Å². The first-order valence-corrected chi connectivity index (χ1v) is 6.03. The molecular formula is C12H24O2. The molecule has 0 unspecified atom stereocenters. The number of hydrogen-bond acceptors (Lipinski definition) is 2. The topological polar surface area (TPSA) is 40.5 Å². The highest BCUT2D eigenvalue weighted by Gasteiger charge is 2.26. The lowest BCUT2D eigenvalue weighted by molar-refractivity contribution is 0.0783. The summed E-state index contributed by atoms with van der Waals surface area (Å²) in [6.07, 6.45) is 7.66. The van der Waals surface area contributed by atoms with E-state index in [9.17, 15) is 0 Å². The molecule has 0 radical (unpaired) electrons. The highest BCUT2D eigenvalue weighted by atomic mass is 16.3. The van der Waals surface area contributed by atoms with E-state index < -0.39 is 0 Å². The Labute approximate surface area is 87.3 Å². The highest BCUT2D eigenvalue weighted by molar-refractivity contribution is 4.77. The summed E-state index contributed by atoms with van der Waals surface area (Å²) in [5, 5.41) is 18.2. The Kier molecular flexibility index (Phi) is 5.49. The van der Waals surface area contributed by atoms with Crippen LogP contribution in [-0.4, -0.2) is 23.4 Å². The molecule has 2 nitrogen and oxygen atoms in total. The van der Waals surface area contributed by atoms with Gasteiger partial charge in [0.2, 0.25) is 0 Å². The van der Waals surface area contributed by atoms with Crippen LogP contribution >= 0.6 is 0 Å². The van der Waals surface area contributed by atoms with Gasteiger partial charge in [-0.2, -0.15) is 0 Å². The molecule has 0 saturated heterocycles. The Hall–Kier alpha value is -0.0800. The van der Waals surface area contributed by atoms with Crippen LogP contribution in [0.2, 0.25) is 0 Å². The average molecular weight is 200 g/mol. The molecule has 1 saturated carbocycles. The van der Waals surface area contributed by atoms with Crippen LogP contribution in [0.25, 0.3) is 0 Å². The Morgan fingerprint density at radius 1 is 1.07 bits per heavy atom. The van der Waals surface area contributed by atoms with E-state index in [0.717, 1.165) is 5.92 Å². The van der Waals surface area contributed by atoms with Crippen LogP contribution in [0.3, 0.4) is 0 Å². The molecule has 0 bridgehead atoms.